The Labute approximate surface area is 162 Å². The highest BCUT2D eigenvalue weighted by atomic mass is 35.5. The first-order chi connectivity index (χ1) is 13.1. The minimum atomic E-state index is 0.0345. The third-order valence-corrected chi connectivity index (χ3v) is 5.20. The minimum absolute atomic E-state index is 0.0345. The summed E-state index contributed by atoms with van der Waals surface area (Å²) in [5.74, 6) is 0.728. The molecule has 0 radical (unpaired) electrons. The fraction of sp³-hybridized carbons (Fsp3) is 0.300. The van der Waals surface area contributed by atoms with E-state index in [2.05, 4.69) is 10.00 Å². The van der Waals surface area contributed by atoms with Crippen molar-refractivity contribution in [2.75, 3.05) is 38.2 Å². The van der Waals surface area contributed by atoms with Crippen molar-refractivity contribution >= 4 is 34.1 Å². The monoisotopic (exact) mass is 384 g/mol. The molecule has 1 aliphatic rings. The molecule has 2 aromatic carbocycles. The van der Waals surface area contributed by atoms with Gasteiger partial charge in [-0.3, -0.25) is 4.79 Å². The molecule has 1 fully saturated rings. The number of methoxy groups -OCH3 is 1. The largest absolute Gasteiger partial charge is 0.481 e. The Morgan fingerprint density at radius 1 is 1.11 bits per heavy atom. The number of hydrogen-bond donors (Lipinski definition) is 0. The number of fused-ring (bicyclic) bond motifs is 1. The number of piperazine rings is 1. The standard InChI is InChI=1S/C20H21ClN4O2/c1-23-20(27-2)17-7-6-14(12-18(17)22-23)19(26)25-10-8-24(9-11-25)16-5-3-4-15(21)13-16/h3-7,12-13H,8-11H2,1-2H3. The predicted molar refractivity (Wildman–Crippen MR) is 107 cm³/mol. The lowest BCUT2D eigenvalue weighted by atomic mass is 10.1. The van der Waals surface area contributed by atoms with E-state index < -0.39 is 0 Å². The Bertz CT molecular complexity index is 993. The number of rotatable bonds is 3. The molecular weight excluding hydrogens is 364 g/mol. The summed E-state index contributed by atoms with van der Waals surface area (Å²) in [4.78, 5) is 17.1. The molecule has 3 aromatic rings. The first-order valence-corrected chi connectivity index (χ1v) is 9.25. The molecule has 0 bridgehead atoms. The van der Waals surface area contributed by atoms with Crippen molar-refractivity contribution in [3.05, 3.63) is 53.1 Å². The van der Waals surface area contributed by atoms with Gasteiger partial charge in [-0.25, -0.2) is 4.68 Å². The van der Waals surface area contributed by atoms with Crippen molar-refractivity contribution in [1.29, 1.82) is 0 Å². The second-order valence-electron chi connectivity index (χ2n) is 6.62. The number of carbonyl (C=O) groups is 1. The maximum atomic E-state index is 12.9. The third kappa shape index (κ3) is 3.32. The van der Waals surface area contributed by atoms with E-state index in [1.165, 1.54) is 0 Å². The van der Waals surface area contributed by atoms with Crippen LogP contribution in [-0.2, 0) is 7.05 Å². The van der Waals surface area contributed by atoms with Crippen LogP contribution in [-0.4, -0.2) is 53.9 Å². The highest BCUT2D eigenvalue weighted by molar-refractivity contribution is 6.30. The molecular formula is C20H21ClN4O2. The van der Waals surface area contributed by atoms with Gasteiger partial charge in [-0.1, -0.05) is 17.7 Å². The zero-order chi connectivity index (χ0) is 19.0. The number of nitrogens with zero attached hydrogens (tertiary/aromatic N) is 4. The highest BCUT2D eigenvalue weighted by Crippen LogP contribution is 2.26. The Kier molecular flexibility index (Phi) is 4.66. The SMILES string of the molecule is COc1c2ccc(C(=O)N3CCN(c4cccc(Cl)c4)CC3)cc2nn1C. The smallest absolute Gasteiger partial charge is 0.254 e. The van der Waals surface area contributed by atoms with Crippen molar-refractivity contribution in [3.8, 4) is 5.88 Å². The second kappa shape index (κ2) is 7.12. The molecule has 1 aliphatic heterocycles. The van der Waals surface area contributed by atoms with Crippen LogP contribution >= 0.6 is 11.6 Å². The molecule has 1 saturated heterocycles. The Hall–Kier alpha value is -2.73. The maximum Gasteiger partial charge on any atom is 0.254 e. The lowest BCUT2D eigenvalue weighted by molar-refractivity contribution is 0.0747. The molecule has 4 rings (SSSR count). The van der Waals surface area contributed by atoms with E-state index >= 15 is 0 Å². The topological polar surface area (TPSA) is 50.6 Å². The van der Waals surface area contributed by atoms with Gasteiger partial charge in [-0.2, -0.15) is 5.10 Å². The molecule has 0 atom stereocenters. The average molecular weight is 385 g/mol. The lowest BCUT2D eigenvalue weighted by Crippen LogP contribution is -2.48. The van der Waals surface area contributed by atoms with E-state index in [0.717, 1.165) is 34.7 Å². The molecule has 1 amide bonds. The van der Waals surface area contributed by atoms with Gasteiger partial charge in [-0.15, -0.1) is 0 Å². The number of aryl methyl sites for hydroxylation is 1. The van der Waals surface area contributed by atoms with Crippen LogP contribution in [0.3, 0.4) is 0 Å². The van der Waals surface area contributed by atoms with Crippen LogP contribution in [0.5, 0.6) is 5.88 Å². The van der Waals surface area contributed by atoms with Crippen LogP contribution < -0.4 is 9.64 Å². The molecule has 0 N–H and O–H groups in total. The minimum Gasteiger partial charge on any atom is -0.481 e. The lowest BCUT2D eigenvalue weighted by Gasteiger charge is -2.36. The number of ether oxygens (including phenoxy) is 1. The summed E-state index contributed by atoms with van der Waals surface area (Å²) in [5, 5.41) is 6.06. The Morgan fingerprint density at radius 3 is 2.59 bits per heavy atom. The predicted octanol–water partition coefficient (Wildman–Crippen LogP) is 3.20. The van der Waals surface area contributed by atoms with E-state index in [1.54, 1.807) is 11.8 Å². The van der Waals surface area contributed by atoms with E-state index in [9.17, 15) is 4.79 Å². The number of benzene rings is 2. The fourth-order valence-corrected chi connectivity index (χ4v) is 3.76. The van der Waals surface area contributed by atoms with Gasteiger partial charge < -0.3 is 14.5 Å². The molecule has 1 aromatic heterocycles. The zero-order valence-corrected chi connectivity index (χ0v) is 16.1. The second-order valence-corrected chi connectivity index (χ2v) is 7.06. The highest BCUT2D eigenvalue weighted by Gasteiger charge is 2.23. The summed E-state index contributed by atoms with van der Waals surface area (Å²) < 4.78 is 7.05. The summed E-state index contributed by atoms with van der Waals surface area (Å²) in [6, 6.07) is 13.4. The average Bonchev–Trinajstić information content (AvgIpc) is 3.01. The quantitative estimate of drug-likeness (QED) is 0.695. The van der Waals surface area contributed by atoms with Gasteiger partial charge in [0.05, 0.1) is 18.0 Å². The van der Waals surface area contributed by atoms with Gasteiger partial charge in [-0.05, 0) is 36.4 Å². The van der Waals surface area contributed by atoms with E-state index in [-0.39, 0.29) is 5.91 Å². The van der Waals surface area contributed by atoms with Gasteiger partial charge in [0, 0.05) is 49.5 Å². The molecule has 0 saturated carbocycles. The van der Waals surface area contributed by atoms with Crippen LogP contribution in [0.1, 0.15) is 10.4 Å². The van der Waals surface area contributed by atoms with Crippen molar-refractivity contribution in [2.24, 2.45) is 7.05 Å². The molecule has 27 heavy (non-hydrogen) atoms. The van der Waals surface area contributed by atoms with Crippen molar-refractivity contribution in [3.63, 3.8) is 0 Å². The first kappa shape index (κ1) is 17.7. The van der Waals surface area contributed by atoms with E-state index in [1.807, 2.05) is 54.4 Å². The number of hydrogen-bond acceptors (Lipinski definition) is 4. The van der Waals surface area contributed by atoms with Gasteiger partial charge in [0.25, 0.3) is 5.91 Å². The number of carbonyl (C=O) groups excluding carboxylic acids is 1. The summed E-state index contributed by atoms with van der Waals surface area (Å²) in [5.41, 5.74) is 2.51. The normalized spacial score (nSPS) is 14.6. The van der Waals surface area contributed by atoms with Gasteiger partial charge >= 0.3 is 0 Å². The molecule has 0 unspecified atom stereocenters. The summed E-state index contributed by atoms with van der Waals surface area (Å²) in [6.07, 6.45) is 0. The van der Waals surface area contributed by atoms with Crippen LogP contribution in [0.15, 0.2) is 42.5 Å². The maximum absolute atomic E-state index is 12.9. The van der Waals surface area contributed by atoms with Crippen LogP contribution in [0, 0.1) is 0 Å². The molecule has 0 aliphatic carbocycles. The summed E-state index contributed by atoms with van der Waals surface area (Å²) in [6.45, 7) is 2.92. The van der Waals surface area contributed by atoms with Crippen LogP contribution in [0.2, 0.25) is 5.02 Å². The fourth-order valence-electron chi connectivity index (χ4n) is 3.57. The van der Waals surface area contributed by atoms with Crippen LogP contribution in [0.25, 0.3) is 10.9 Å². The van der Waals surface area contributed by atoms with E-state index in [4.69, 9.17) is 16.3 Å². The van der Waals surface area contributed by atoms with E-state index in [0.29, 0.717) is 24.5 Å². The Morgan fingerprint density at radius 2 is 1.89 bits per heavy atom. The van der Waals surface area contributed by atoms with Gasteiger partial charge in [0.1, 0.15) is 0 Å². The number of halogens is 1. The summed E-state index contributed by atoms with van der Waals surface area (Å²) in [7, 11) is 3.45. The molecule has 2 heterocycles. The van der Waals surface area contributed by atoms with Crippen LogP contribution in [0.4, 0.5) is 5.69 Å². The zero-order valence-electron chi connectivity index (χ0n) is 15.4. The van der Waals surface area contributed by atoms with Gasteiger partial charge in [0.15, 0.2) is 0 Å². The molecule has 140 valence electrons. The molecule has 7 heteroatoms. The number of anilines is 1. The van der Waals surface area contributed by atoms with Crippen molar-refractivity contribution in [2.45, 2.75) is 0 Å². The number of aromatic nitrogens is 2. The van der Waals surface area contributed by atoms with Crippen molar-refractivity contribution in [1.82, 2.24) is 14.7 Å². The number of amides is 1. The first-order valence-electron chi connectivity index (χ1n) is 8.87. The molecule has 6 nitrogen and oxygen atoms in total. The van der Waals surface area contributed by atoms with Gasteiger partial charge in [0.2, 0.25) is 5.88 Å². The third-order valence-electron chi connectivity index (χ3n) is 4.96. The Balaban J connectivity index is 1.48. The molecule has 0 spiro atoms. The summed E-state index contributed by atoms with van der Waals surface area (Å²) >= 11 is 6.09. The van der Waals surface area contributed by atoms with Crippen molar-refractivity contribution < 1.29 is 9.53 Å².